The fraction of sp³-hybridized carbons (Fsp3) is 0.0286. The molecule has 0 amide bonds. The lowest BCUT2D eigenvalue weighted by molar-refractivity contribution is 0.723. The molecule has 38 heavy (non-hydrogen) atoms. The average Bonchev–Trinajstić information content (AvgIpc) is 3.29. The number of aromatic nitrogens is 2. The Morgan fingerprint density at radius 3 is 1.74 bits per heavy atom. The molecule has 1 aliphatic carbocycles. The maximum atomic E-state index is 5.38. The lowest BCUT2D eigenvalue weighted by Crippen LogP contribution is -2.36. The smallest absolute Gasteiger partial charge is 0.159 e. The van der Waals surface area contributed by atoms with Gasteiger partial charge < -0.3 is 4.90 Å². The quantitative estimate of drug-likeness (QED) is 0.247. The minimum atomic E-state index is -0.559. The van der Waals surface area contributed by atoms with Crippen LogP contribution < -0.4 is 4.90 Å². The highest BCUT2D eigenvalue weighted by Crippen LogP contribution is 2.62. The molecule has 6 aromatic rings. The van der Waals surface area contributed by atoms with Crippen molar-refractivity contribution in [2.24, 2.45) is 0 Å². The van der Waals surface area contributed by atoms with Gasteiger partial charge in [0, 0.05) is 23.0 Å². The van der Waals surface area contributed by atoms with Crippen LogP contribution in [0.1, 0.15) is 22.4 Å². The summed E-state index contributed by atoms with van der Waals surface area (Å²) in [4.78, 5) is 12.6. The Morgan fingerprint density at radius 1 is 0.500 bits per heavy atom. The zero-order valence-electron chi connectivity index (χ0n) is 20.6. The van der Waals surface area contributed by atoms with E-state index < -0.39 is 5.41 Å². The van der Waals surface area contributed by atoms with Crippen molar-refractivity contribution in [3.8, 4) is 22.5 Å². The Hall–Kier alpha value is -5.02. The lowest BCUT2D eigenvalue weighted by atomic mass is 9.66. The van der Waals surface area contributed by atoms with Crippen LogP contribution in [0.15, 0.2) is 140 Å². The summed E-state index contributed by atoms with van der Waals surface area (Å²) in [5, 5.41) is 0. The highest BCUT2D eigenvalue weighted by Gasteiger charge is 2.53. The molecule has 2 aliphatic rings. The Balaban J connectivity index is 1.51. The van der Waals surface area contributed by atoms with Gasteiger partial charge in [-0.2, -0.15) is 0 Å². The molecule has 1 spiro atoms. The Bertz CT molecular complexity index is 1780. The largest absolute Gasteiger partial charge is 0.310 e. The molecule has 0 saturated heterocycles. The van der Waals surface area contributed by atoms with E-state index in [1.807, 2.05) is 24.4 Å². The van der Waals surface area contributed by atoms with Gasteiger partial charge in [0.25, 0.3) is 0 Å². The first kappa shape index (κ1) is 21.1. The second kappa shape index (κ2) is 7.99. The third kappa shape index (κ3) is 2.73. The van der Waals surface area contributed by atoms with Crippen LogP contribution in [0.4, 0.5) is 17.1 Å². The van der Waals surface area contributed by atoms with Gasteiger partial charge in [-0.15, -0.1) is 0 Å². The number of para-hydroxylation sites is 3. The average molecular weight is 486 g/mol. The van der Waals surface area contributed by atoms with Crippen LogP contribution in [0.25, 0.3) is 22.5 Å². The minimum absolute atomic E-state index is 0.559. The molecular formula is C35H23N3. The zero-order valence-corrected chi connectivity index (χ0v) is 20.6. The van der Waals surface area contributed by atoms with Gasteiger partial charge in [-0.3, -0.25) is 0 Å². The number of rotatable bonds is 2. The second-order valence-corrected chi connectivity index (χ2v) is 9.82. The van der Waals surface area contributed by atoms with Gasteiger partial charge >= 0.3 is 0 Å². The van der Waals surface area contributed by atoms with Crippen LogP contribution in [-0.2, 0) is 5.41 Å². The van der Waals surface area contributed by atoms with Crippen molar-refractivity contribution in [2.45, 2.75) is 5.41 Å². The van der Waals surface area contributed by atoms with E-state index in [1.54, 1.807) is 0 Å². The first-order valence-corrected chi connectivity index (χ1v) is 12.9. The van der Waals surface area contributed by atoms with Crippen LogP contribution in [0.5, 0.6) is 0 Å². The number of fused-ring (bicyclic) bond motifs is 9. The first-order chi connectivity index (χ1) is 18.9. The molecule has 3 nitrogen and oxygen atoms in total. The monoisotopic (exact) mass is 485 g/mol. The van der Waals surface area contributed by atoms with E-state index in [4.69, 9.17) is 9.97 Å². The Morgan fingerprint density at radius 2 is 1.05 bits per heavy atom. The summed E-state index contributed by atoms with van der Waals surface area (Å²) in [5.41, 5.74) is 11.0. The normalized spacial score (nSPS) is 13.9. The van der Waals surface area contributed by atoms with Crippen LogP contribution in [-0.4, -0.2) is 9.97 Å². The van der Waals surface area contributed by atoms with Crippen molar-refractivity contribution < 1.29 is 0 Å². The molecule has 5 aromatic carbocycles. The summed E-state index contributed by atoms with van der Waals surface area (Å²) in [7, 11) is 0. The maximum absolute atomic E-state index is 5.38. The van der Waals surface area contributed by atoms with Crippen LogP contribution in [0.2, 0.25) is 0 Å². The van der Waals surface area contributed by atoms with E-state index in [9.17, 15) is 0 Å². The van der Waals surface area contributed by atoms with E-state index in [0.29, 0.717) is 0 Å². The van der Waals surface area contributed by atoms with Crippen molar-refractivity contribution >= 4 is 17.1 Å². The first-order valence-electron chi connectivity index (χ1n) is 12.9. The highest BCUT2D eigenvalue weighted by atomic mass is 15.2. The topological polar surface area (TPSA) is 29.0 Å². The molecule has 0 saturated carbocycles. The summed E-state index contributed by atoms with van der Waals surface area (Å²) in [6.45, 7) is 0. The van der Waals surface area contributed by atoms with Crippen molar-refractivity contribution in [3.05, 3.63) is 162 Å². The van der Waals surface area contributed by atoms with E-state index >= 15 is 0 Å². The molecule has 8 rings (SSSR count). The molecule has 0 bridgehead atoms. The highest BCUT2D eigenvalue weighted by molar-refractivity contribution is 5.95. The molecule has 0 fully saturated rings. The molecule has 1 aliphatic heterocycles. The van der Waals surface area contributed by atoms with Crippen LogP contribution in [0, 0.1) is 0 Å². The van der Waals surface area contributed by atoms with Gasteiger partial charge in [0.15, 0.2) is 5.82 Å². The van der Waals surface area contributed by atoms with Gasteiger partial charge in [-0.25, -0.2) is 9.97 Å². The van der Waals surface area contributed by atoms with Gasteiger partial charge in [-0.05, 0) is 46.5 Å². The zero-order chi connectivity index (χ0) is 25.1. The summed E-state index contributed by atoms with van der Waals surface area (Å²) in [6, 6.07) is 47.2. The maximum Gasteiger partial charge on any atom is 0.159 e. The van der Waals surface area contributed by atoms with E-state index in [1.165, 1.54) is 33.6 Å². The fourth-order valence-corrected chi connectivity index (χ4v) is 6.41. The summed E-state index contributed by atoms with van der Waals surface area (Å²) >= 11 is 0. The van der Waals surface area contributed by atoms with Gasteiger partial charge in [-0.1, -0.05) is 109 Å². The van der Waals surface area contributed by atoms with Gasteiger partial charge in [0.2, 0.25) is 0 Å². The van der Waals surface area contributed by atoms with Crippen LogP contribution >= 0.6 is 0 Å². The van der Waals surface area contributed by atoms with Crippen molar-refractivity contribution in [1.29, 1.82) is 0 Å². The Labute approximate surface area is 221 Å². The molecule has 0 unspecified atom stereocenters. The molecule has 0 atom stereocenters. The standard InChI is InChI=1S/C35H23N3/c1-3-13-24(14-4-1)34-36-23-27-26-17-7-8-18-28(26)35(33(27)37-34)29-19-9-11-21-31(29)38(25-15-5-2-6-16-25)32-22-12-10-20-30(32)35/h1-23H. The summed E-state index contributed by atoms with van der Waals surface area (Å²) < 4.78 is 0. The third-order valence-corrected chi connectivity index (χ3v) is 7.91. The summed E-state index contributed by atoms with van der Waals surface area (Å²) in [5.74, 6) is 0.747. The van der Waals surface area contributed by atoms with Crippen LogP contribution in [0.3, 0.4) is 0 Å². The van der Waals surface area contributed by atoms with Gasteiger partial charge in [0.05, 0.1) is 22.5 Å². The molecule has 2 heterocycles. The van der Waals surface area contributed by atoms with E-state index in [2.05, 4.69) is 120 Å². The van der Waals surface area contributed by atoms with E-state index in [-0.39, 0.29) is 0 Å². The Kier molecular flexibility index (Phi) is 4.44. The predicted molar refractivity (Wildman–Crippen MR) is 153 cm³/mol. The van der Waals surface area contributed by atoms with E-state index in [0.717, 1.165) is 28.3 Å². The molecular weight excluding hydrogens is 462 g/mol. The third-order valence-electron chi connectivity index (χ3n) is 7.91. The number of nitrogens with zero attached hydrogens (tertiary/aromatic N) is 3. The predicted octanol–water partition coefficient (Wildman–Crippen LogP) is 8.29. The molecule has 3 heteroatoms. The number of hydrogen-bond donors (Lipinski definition) is 0. The second-order valence-electron chi connectivity index (χ2n) is 9.82. The van der Waals surface area contributed by atoms with Gasteiger partial charge in [0.1, 0.15) is 0 Å². The SMILES string of the molecule is c1ccc(-c2ncc3c(n2)C2(c4ccccc4-3)c3ccccc3N(c3ccccc3)c3ccccc32)cc1. The number of anilines is 3. The van der Waals surface area contributed by atoms with Crippen molar-refractivity contribution in [2.75, 3.05) is 4.90 Å². The molecule has 1 aromatic heterocycles. The lowest BCUT2D eigenvalue weighted by Gasteiger charge is -2.44. The molecule has 178 valence electrons. The fourth-order valence-electron chi connectivity index (χ4n) is 6.41. The number of hydrogen-bond acceptors (Lipinski definition) is 3. The minimum Gasteiger partial charge on any atom is -0.310 e. The molecule has 0 radical (unpaired) electrons. The summed E-state index contributed by atoms with van der Waals surface area (Å²) in [6.07, 6.45) is 2.02. The van der Waals surface area contributed by atoms with Crippen molar-refractivity contribution in [1.82, 2.24) is 9.97 Å². The van der Waals surface area contributed by atoms with Crippen molar-refractivity contribution in [3.63, 3.8) is 0 Å². The number of benzene rings is 5. The molecule has 0 N–H and O–H groups in total.